The Morgan fingerprint density at radius 2 is 2.20 bits per heavy atom. The molecular formula is C8H13N3O3S. The molecule has 6 nitrogen and oxygen atoms in total. The van der Waals surface area contributed by atoms with Crippen molar-refractivity contribution in [3.8, 4) is 0 Å². The van der Waals surface area contributed by atoms with Gasteiger partial charge in [0.1, 0.15) is 5.25 Å². The van der Waals surface area contributed by atoms with E-state index in [0.29, 0.717) is 5.16 Å². The Morgan fingerprint density at radius 1 is 1.60 bits per heavy atom. The fourth-order valence-electron chi connectivity index (χ4n) is 1.02. The molecule has 7 heteroatoms. The second kappa shape index (κ2) is 4.52. The van der Waals surface area contributed by atoms with Gasteiger partial charge >= 0.3 is 11.7 Å². The Morgan fingerprint density at radius 3 is 2.53 bits per heavy atom. The van der Waals surface area contributed by atoms with Gasteiger partial charge in [-0.3, -0.25) is 9.36 Å². The average molecular weight is 231 g/mol. The highest BCUT2D eigenvalue weighted by atomic mass is 32.2. The zero-order chi connectivity index (χ0) is 11.6. The van der Waals surface area contributed by atoms with Gasteiger partial charge in [0.2, 0.25) is 0 Å². The lowest BCUT2D eigenvalue weighted by molar-refractivity contribution is -0.137. The van der Waals surface area contributed by atoms with Gasteiger partial charge in [0.25, 0.3) is 0 Å². The maximum atomic E-state index is 11.0. The Bertz CT molecular complexity index is 410. The third-order valence-corrected chi connectivity index (χ3v) is 3.50. The maximum Gasteiger partial charge on any atom is 0.343 e. The van der Waals surface area contributed by atoms with Crippen LogP contribution in [0.5, 0.6) is 0 Å². The minimum atomic E-state index is -0.898. The smallest absolute Gasteiger partial charge is 0.343 e. The van der Waals surface area contributed by atoms with Crippen molar-refractivity contribution in [2.75, 3.05) is 0 Å². The van der Waals surface area contributed by atoms with Crippen molar-refractivity contribution >= 4 is 17.7 Å². The first-order chi connectivity index (χ1) is 6.93. The van der Waals surface area contributed by atoms with Gasteiger partial charge in [0.15, 0.2) is 5.16 Å². The molecule has 0 radical (unpaired) electrons. The van der Waals surface area contributed by atoms with Gasteiger partial charge in [0, 0.05) is 7.05 Å². The molecule has 2 N–H and O–H groups in total. The minimum absolute atomic E-state index is 0.0284. The summed E-state index contributed by atoms with van der Waals surface area (Å²) < 4.78 is 1.29. The number of aromatic amines is 1. The van der Waals surface area contributed by atoms with Gasteiger partial charge in [-0.15, -0.1) is 5.10 Å². The predicted molar refractivity (Wildman–Crippen MR) is 55.9 cm³/mol. The van der Waals surface area contributed by atoms with Crippen molar-refractivity contribution in [1.82, 2.24) is 14.8 Å². The van der Waals surface area contributed by atoms with Crippen molar-refractivity contribution in [2.45, 2.75) is 24.3 Å². The van der Waals surface area contributed by atoms with Gasteiger partial charge in [0.05, 0.1) is 0 Å². The van der Waals surface area contributed by atoms with E-state index < -0.39 is 11.2 Å². The molecule has 1 heterocycles. The van der Waals surface area contributed by atoms with Crippen LogP contribution in [-0.2, 0) is 11.8 Å². The highest BCUT2D eigenvalue weighted by Gasteiger charge is 2.24. The fourth-order valence-corrected chi connectivity index (χ4v) is 1.96. The number of H-pyrrole nitrogens is 1. The number of hydrogen-bond donors (Lipinski definition) is 2. The number of aromatic nitrogens is 3. The molecule has 1 unspecified atom stereocenters. The van der Waals surface area contributed by atoms with Gasteiger partial charge in [-0.05, 0) is 5.92 Å². The number of nitrogens with zero attached hydrogens (tertiary/aromatic N) is 2. The van der Waals surface area contributed by atoms with E-state index in [9.17, 15) is 9.59 Å². The molecule has 0 saturated carbocycles. The summed E-state index contributed by atoms with van der Waals surface area (Å²) in [4.78, 5) is 22.0. The van der Waals surface area contributed by atoms with E-state index in [1.54, 1.807) is 7.05 Å². The maximum absolute atomic E-state index is 11.0. The lowest BCUT2D eigenvalue weighted by Crippen LogP contribution is -2.23. The first kappa shape index (κ1) is 11.8. The van der Waals surface area contributed by atoms with E-state index in [1.807, 2.05) is 13.8 Å². The first-order valence-electron chi connectivity index (χ1n) is 4.44. The Labute approximate surface area is 90.7 Å². The number of thioether (sulfide) groups is 1. The van der Waals surface area contributed by atoms with E-state index >= 15 is 0 Å². The minimum Gasteiger partial charge on any atom is -0.480 e. The van der Waals surface area contributed by atoms with E-state index in [2.05, 4.69) is 10.2 Å². The Balaban J connectivity index is 2.88. The van der Waals surface area contributed by atoms with Crippen molar-refractivity contribution in [3.63, 3.8) is 0 Å². The highest BCUT2D eigenvalue weighted by Crippen LogP contribution is 2.25. The summed E-state index contributed by atoms with van der Waals surface area (Å²) in [6.07, 6.45) is 0. The van der Waals surface area contributed by atoms with Crippen LogP contribution in [0.3, 0.4) is 0 Å². The summed E-state index contributed by atoms with van der Waals surface area (Å²) in [5, 5.41) is 14.8. The van der Waals surface area contributed by atoms with Crippen LogP contribution < -0.4 is 5.69 Å². The van der Waals surface area contributed by atoms with Crippen LogP contribution in [0.2, 0.25) is 0 Å². The van der Waals surface area contributed by atoms with Crippen LogP contribution in [0.25, 0.3) is 0 Å². The Hall–Kier alpha value is -1.24. The molecule has 15 heavy (non-hydrogen) atoms. The molecule has 0 aliphatic heterocycles. The molecule has 0 spiro atoms. The number of rotatable bonds is 4. The largest absolute Gasteiger partial charge is 0.480 e. The zero-order valence-electron chi connectivity index (χ0n) is 8.72. The van der Waals surface area contributed by atoms with Crippen molar-refractivity contribution in [2.24, 2.45) is 13.0 Å². The fraction of sp³-hybridized carbons (Fsp3) is 0.625. The second-order valence-electron chi connectivity index (χ2n) is 3.49. The average Bonchev–Trinajstić information content (AvgIpc) is 2.43. The molecule has 1 aromatic heterocycles. The van der Waals surface area contributed by atoms with E-state index in [4.69, 9.17) is 5.11 Å². The molecule has 0 fully saturated rings. The van der Waals surface area contributed by atoms with Gasteiger partial charge < -0.3 is 5.11 Å². The first-order valence-corrected chi connectivity index (χ1v) is 5.32. The SMILES string of the molecule is CC(C)C(Sc1n[nH]c(=O)n1C)C(=O)O. The molecule has 0 aliphatic carbocycles. The van der Waals surface area contributed by atoms with E-state index in [1.165, 1.54) is 4.57 Å². The van der Waals surface area contributed by atoms with E-state index in [0.717, 1.165) is 11.8 Å². The molecule has 1 aromatic rings. The van der Waals surface area contributed by atoms with Gasteiger partial charge in [-0.1, -0.05) is 25.6 Å². The van der Waals surface area contributed by atoms with Crippen molar-refractivity contribution in [1.29, 1.82) is 0 Å². The number of carbonyl (C=O) groups is 1. The molecule has 0 saturated heterocycles. The molecule has 0 aliphatic rings. The normalized spacial score (nSPS) is 13.1. The quantitative estimate of drug-likeness (QED) is 0.728. The number of hydrogen-bond acceptors (Lipinski definition) is 4. The monoisotopic (exact) mass is 231 g/mol. The van der Waals surface area contributed by atoms with Crippen LogP contribution in [-0.4, -0.2) is 31.1 Å². The highest BCUT2D eigenvalue weighted by molar-refractivity contribution is 8.00. The topological polar surface area (TPSA) is 88.0 Å². The Kier molecular flexibility index (Phi) is 3.57. The summed E-state index contributed by atoms with van der Waals surface area (Å²) in [6, 6.07) is 0. The van der Waals surface area contributed by atoms with Crippen LogP contribution in [0, 0.1) is 5.92 Å². The van der Waals surface area contributed by atoms with Crippen LogP contribution in [0.1, 0.15) is 13.8 Å². The lowest BCUT2D eigenvalue weighted by Gasteiger charge is -2.14. The van der Waals surface area contributed by atoms with Crippen LogP contribution in [0.4, 0.5) is 0 Å². The van der Waals surface area contributed by atoms with Crippen molar-refractivity contribution < 1.29 is 9.90 Å². The molecular weight excluding hydrogens is 218 g/mol. The van der Waals surface area contributed by atoms with Gasteiger partial charge in [-0.25, -0.2) is 9.89 Å². The number of nitrogens with one attached hydrogen (secondary N) is 1. The summed E-state index contributed by atoms with van der Waals surface area (Å²) in [5.41, 5.74) is -0.342. The summed E-state index contributed by atoms with van der Waals surface area (Å²) in [6.45, 7) is 3.63. The van der Waals surface area contributed by atoms with Crippen molar-refractivity contribution in [3.05, 3.63) is 10.5 Å². The number of carboxylic acid groups (broad SMARTS) is 1. The number of carboxylic acids is 1. The third-order valence-electron chi connectivity index (χ3n) is 1.92. The molecule has 0 amide bonds. The zero-order valence-corrected chi connectivity index (χ0v) is 9.54. The third kappa shape index (κ3) is 2.62. The number of aliphatic carboxylic acids is 1. The van der Waals surface area contributed by atoms with Crippen LogP contribution >= 0.6 is 11.8 Å². The van der Waals surface area contributed by atoms with E-state index in [-0.39, 0.29) is 11.6 Å². The summed E-state index contributed by atoms with van der Waals surface area (Å²) >= 11 is 1.07. The summed E-state index contributed by atoms with van der Waals surface area (Å²) in [7, 11) is 1.55. The molecule has 1 rings (SSSR count). The standard InChI is InChI=1S/C8H13N3O3S/c1-4(2)5(6(12)13)15-8-10-9-7(14)11(8)3/h4-5H,1-3H3,(H,9,14)(H,12,13). The molecule has 0 bridgehead atoms. The second-order valence-corrected chi connectivity index (χ2v) is 4.60. The van der Waals surface area contributed by atoms with Crippen LogP contribution in [0.15, 0.2) is 9.95 Å². The summed E-state index contributed by atoms with van der Waals surface area (Å²) in [5.74, 6) is -0.926. The predicted octanol–water partition coefficient (Wildman–Crippen LogP) is 0.310. The molecule has 1 atom stereocenters. The van der Waals surface area contributed by atoms with Gasteiger partial charge in [-0.2, -0.15) is 0 Å². The molecule has 84 valence electrons. The molecule has 0 aromatic carbocycles. The lowest BCUT2D eigenvalue weighted by atomic mass is 10.1.